The summed E-state index contributed by atoms with van der Waals surface area (Å²) in [6, 6.07) is 5.88. The Labute approximate surface area is 146 Å². The van der Waals surface area contributed by atoms with Crippen molar-refractivity contribution in [3.8, 4) is 6.07 Å². The number of aromatic nitrogens is 4. The zero-order chi connectivity index (χ0) is 17.8. The molecule has 25 heavy (non-hydrogen) atoms. The molecular formula is C17H21N7O. The van der Waals surface area contributed by atoms with Crippen molar-refractivity contribution in [2.24, 2.45) is 0 Å². The topological polar surface area (TPSA) is 99.8 Å². The van der Waals surface area contributed by atoms with E-state index in [2.05, 4.69) is 36.2 Å². The van der Waals surface area contributed by atoms with E-state index < -0.39 is 0 Å². The standard InChI is InChI=1S/C17H21N7O/c1-11-5-16(21-10-20-11)24-9-15(25-3)6-14(24)8-19-17-22-12(2)4-13(7-18)23-17/h4-5,10,14-15H,6,8-9H2,1-3H3,(H,19,22,23)/t14-,15-/m0/s1. The third kappa shape index (κ3) is 4.00. The molecule has 3 rings (SSSR count). The van der Waals surface area contributed by atoms with Gasteiger partial charge in [-0.05, 0) is 26.3 Å². The highest BCUT2D eigenvalue weighted by Gasteiger charge is 2.33. The van der Waals surface area contributed by atoms with Gasteiger partial charge in [0.05, 0.1) is 12.1 Å². The van der Waals surface area contributed by atoms with Crippen LogP contribution >= 0.6 is 0 Å². The molecule has 0 radical (unpaired) electrons. The summed E-state index contributed by atoms with van der Waals surface area (Å²) in [5.74, 6) is 1.36. The van der Waals surface area contributed by atoms with E-state index >= 15 is 0 Å². The Balaban J connectivity index is 1.75. The van der Waals surface area contributed by atoms with Gasteiger partial charge in [-0.25, -0.2) is 19.9 Å². The zero-order valence-electron chi connectivity index (χ0n) is 14.6. The van der Waals surface area contributed by atoms with Gasteiger partial charge in [0.2, 0.25) is 5.95 Å². The van der Waals surface area contributed by atoms with E-state index in [1.54, 1.807) is 19.5 Å². The van der Waals surface area contributed by atoms with Crippen LogP contribution in [-0.4, -0.2) is 52.3 Å². The van der Waals surface area contributed by atoms with Crippen LogP contribution in [0.15, 0.2) is 18.5 Å². The van der Waals surface area contributed by atoms with Crippen LogP contribution in [0.2, 0.25) is 0 Å². The average molecular weight is 339 g/mol. The lowest BCUT2D eigenvalue weighted by Gasteiger charge is -2.25. The SMILES string of the molecule is CO[C@H]1C[C@@H](CNc2nc(C)cc(C#N)n2)N(c2cc(C)ncn2)C1. The molecule has 1 N–H and O–H groups in total. The number of nitriles is 1. The molecule has 2 aromatic heterocycles. The molecule has 0 unspecified atom stereocenters. The predicted octanol–water partition coefficient (Wildman–Crippen LogP) is 1.46. The van der Waals surface area contributed by atoms with Crippen LogP contribution in [-0.2, 0) is 4.74 Å². The van der Waals surface area contributed by atoms with Crippen LogP contribution in [0.1, 0.15) is 23.5 Å². The number of ether oxygens (including phenoxy) is 1. The molecule has 1 fully saturated rings. The van der Waals surface area contributed by atoms with Crippen molar-refractivity contribution in [3.63, 3.8) is 0 Å². The van der Waals surface area contributed by atoms with Crippen molar-refractivity contribution in [1.29, 1.82) is 5.26 Å². The number of hydrogen-bond donors (Lipinski definition) is 1. The first-order valence-corrected chi connectivity index (χ1v) is 8.16. The lowest BCUT2D eigenvalue weighted by Crippen LogP contribution is -2.36. The first-order chi connectivity index (χ1) is 12.1. The third-order valence-electron chi connectivity index (χ3n) is 4.26. The van der Waals surface area contributed by atoms with Gasteiger partial charge in [-0.2, -0.15) is 5.26 Å². The summed E-state index contributed by atoms with van der Waals surface area (Å²) >= 11 is 0. The van der Waals surface area contributed by atoms with Gasteiger partial charge >= 0.3 is 0 Å². The van der Waals surface area contributed by atoms with E-state index in [0.29, 0.717) is 18.2 Å². The van der Waals surface area contributed by atoms with Crippen LogP contribution in [0, 0.1) is 25.2 Å². The molecule has 0 spiro atoms. The second-order valence-electron chi connectivity index (χ2n) is 6.13. The van der Waals surface area contributed by atoms with Crippen LogP contribution in [0.3, 0.4) is 0 Å². The quantitative estimate of drug-likeness (QED) is 0.874. The maximum Gasteiger partial charge on any atom is 0.224 e. The van der Waals surface area contributed by atoms with Crippen molar-refractivity contribution in [2.45, 2.75) is 32.4 Å². The molecule has 1 aliphatic rings. The van der Waals surface area contributed by atoms with Gasteiger partial charge in [0.25, 0.3) is 0 Å². The molecule has 0 aromatic carbocycles. The molecule has 3 heterocycles. The number of aryl methyl sites for hydroxylation is 2. The molecule has 0 bridgehead atoms. The van der Waals surface area contributed by atoms with Gasteiger partial charge in [-0.1, -0.05) is 0 Å². The van der Waals surface area contributed by atoms with Crippen LogP contribution < -0.4 is 10.2 Å². The Kier molecular flexibility index (Phi) is 5.05. The van der Waals surface area contributed by atoms with E-state index in [1.807, 2.05) is 19.9 Å². The second-order valence-corrected chi connectivity index (χ2v) is 6.13. The summed E-state index contributed by atoms with van der Waals surface area (Å²) in [4.78, 5) is 19.3. The van der Waals surface area contributed by atoms with Crippen LogP contribution in [0.5, 0.6) is 0 Å². The van der Waals surface area contributed by atoms with E-state index in [1.165, 1.54) is 0 Å². The van der Waals surface area contributed by atoms with Crippen molar-refractivity contribution in [1.82, 2.24) is 19.9 Å². The smallest absolute Gasteiger partial charge is 0.224 e. The highest BCUT2D eigenvalue weighted by Crippen LogP contribution is 2.25. The van der Waals surface area contributed by atoms with Crippen molar-refractivity contribution in [3.05, 3.63) is 35.5 Å². The highest BCUT2D eigenvalue weighted by atomic mass is 16.5. The highest BCUT2D eigenvalue weighted by molar-refractivity contribution is 5.43. The Bertz CT molecular complexity index is 789. The van der Waals surface area contributed by atoms with Gasteiger partial charge in [0, 0.05) is 37.7 Å². The second kappa shape index (κ2) is 7.40. The molecule has 0 saturated carbocycles. The molecule has 2 atom stereocenters. The Hall–Kier alpha value is -2.79. The fourth-order valence-corrected chi connectivity index (χ4v) is 3.03. The van der Waals surface area contributed by atoms with Gasteiger partial charge in [0.1, 0.15) is 23.9 Å². The van der Waals surface area contributed by atoms with E-state index in [0.717, 1.165) is 30.2 Å². The first-order valence-electron chi connectivity index (χ1n) is 8.16. The maximum absolute atomic E-state index is 9.04. The molecule has 0 aliphatic carbocycles. The number of anilines is 2. The molecule has 130 valence electrons. The monoisotopic (exact) mass is 339 g/mol. The average Bonchev–Trinajstić information content (AvgIpc) is 3.03. The van der Waals surface area contributed by atoms with Crippen molar-refractivity contribution >= 4 is 11.8 Å². The van der Waals surface area contributed by atoms with Gasteiger partial charge in [-0.3, -0.25) is 0 Å². The molecule has 8 heteroatoms. The lowest BCUT2D eigenvalue weighted by atomic mass is 10.2. The molecule has 1 saturated heterocycles. The molecular weight excluding hydrogens is 318 g/mol. The Morgan fingerprint density at radius 3 is 2.84 bits per heavy atom. The van der Waals surface area contributed by atoms with Gasteiger partial charge in [0.15, 0.2) is 0 Å². The fraction of sp³-hybridized carbons (Fsp3) is 0.471. The molecule has 2 aromatic rings. The maximum atomic E-state index is 9.04. The lowest BCUT2D eigenvalue weighted by molar-refractivity contribution is 0.118. The van der Waals surface area contributed by atoms with E-state index in [4.69, 9.17) is 10.00 Å². The largest absolute Gasteiger partial charge is 0.380 e. The number of rotatable bonds is 5. The molecule has 0 amide bonds. The summed E-state index contributed by atoms with van der Waals surface area (Å²) in [6.07, 6.45) is 2.61. The summed E-state index contributed by atoms with van der Waals surface area (Å²) in [6.45, 7) is 5.21. The van der Waals surface area contributed by atoms with Crippen molar-refractivity contribution < 1.29 is 4.74 Å². The third-order valence-corrected chi connectivity index (χ3v) is 4.26. The molecule has 1 aliphatic heterocycles. The zero-order valence-corrected chi connectivity index (χ0v) is 14.6. The minimum atomic E-state index is 0.148. The number of methoxy groups -OCH3 is 1. The number of nitrogens with zero attached hydrogens (tertiary/aromatic N) is 6. The number of nitrogens with one attached hydrogen (secondary N) is 1. The first kappa shape index (κ1) is 17.0. The summed E-state index contributed by atoms with van der Waals surface area (Å²) in [5.41, 5.74) is 2.05. The fourth-order valence-electron chi connectivity index (χ4n) is 3.03. The normalized spacial score (nSPS) is 19.7. The summed E-state index contributed by atoms with van der Waals surface area (Å²) in [7, 11) is 1.73. The summed E-state index contributed by atoms with van der Waals surface area (Å²) < 4.78 is 5.54. The number of hydrogen-bond acceptors (Lipinski definition) is 8. The minimum Gasteiger partial charge on any atom is -0.380 e. The minimum absolute atomic E-state index is 0.148. The van der Waals surface area contributed by atoms with Crippen LogP contribution in [0.25, 0.3) is 0 Å². The predicted molar refractivity (Wildman–Crippen MR) is 93.3 cm³/mol. The Morgan fingerprint density at radius 1 is 1.28 bits per heavy atom. The van der Waals surface area contributed by atoms with E-state index in [9.17, 15) is 0 Å². The Morgan fingerprint density at radius 2 is 2.12 bits per heavy atom. The molecule has 8 nitrogen and oxygen atoms in total. The van der Waals surface area contributed by atoms with Gasteiger partial charge in [-0.15, -0.1) is 0 Å². The van der Waals surface area contributed by atoms with E-state index in [-0.39, 0.29) is 12.1 Å². The summed E-state index contributed by atoms with van der Waals surface area (Å²) in [5, 5.41) is 12.3. The van der Waals surface area contributed by atoms with Crippen molar-refractivity contribution in [2.75, 3.05) is 30.4 Å². The van der Waals surface area contributed by atoms with Gasteiger partial charge < -0.3 is 15.0 Å². The van der Waals surface area contributed by atoms with Crippen LogP contribution in [0.4, 0.5) is 11.8 Å².